The number of nitrogens with zero attached hydrogens (tertiary/aromatic N) is 1. The molecular weight excluding hydrogens is 310 g/mol. The van der Waals surface area contributed by atoms with Crippen molar-refractivity contribution < 1.29 is 9.53 Å². The van der Waals surface area contributed by atoms with Gasteiger partial charge < -0.3 is 9.64 Å². The molecule has 0 radical (unpaired) electrons. The Bertz CT molecular complexity index is 790. The van der Waals surface area contributed by atoms with Crippen LogP contribution in [0.15, 0.2) is 18.2 Å². The minimum atomic E-state index is -0.275. The molecule has 2 aromatic carbocycles. The van der Waals surface area contributed by atoms with E-state index in [1.807, 2.05) is 44.1 Å². The predicted molar refractivity (Wildman–Crippen MR) is 105 cm³/mol. The van der Waals surface area contributed by atoms with Gasteiger partial charge in [-0.05, 0) is 98.7 Å². The second-order valence-electron chi connectivity index (χ2n) is 7.08. The van der Waals surface area contributed by atoms with Crippen molar-refractivity contribution >= 4 is 11.7 Å². The number of anilines is 1. The highest BCUT2D eigenvalue weighted by molar-refractivity contribution is 5.90. The fourth-order valence-electron chi connectivity index (χ4n) is 3.30. The van der Waals surface area contributed by atoms with E-state index in [0.717, 1.165) is 16.8 Å². The van der Waals surface area contributed by atoms with E-state index in [0.29, 0.717) is 12.2 Å². The topological polar surface area (TPSA) is 29.5 Å². The minimum absolute atomic E-state index is 0.275. The molecule has 3 heteroatoms. The number of aryl methyl sites for hydroxylation is 1. The normalized spacial score (nSPS) is 10.7. The molecule has 3 nitrogen and oxygen atoms in total. The lowest BCUT2D eigenvalue weighted by molar-refractivity contribution is 0.0471. The molecule has 0 fully saturated rings. The molecule has 134 valence electrons. The van der Waals surface area contributed by atoms with Gasteiger partial charge in [-0.15, -0.1) is 0 Å². The molecule has 0 saturated heterocycles. The van der Waals surface area contributed by atoms with E-state index in [4.69, 9.17) is 4.74 Å². The SMILES string of the molecule is Cc1cc(C(=O)OCc2c(C)c(C)c(C)c(C)c2C)ccc1N(C)C. The molecule has 0 bridgehead atoms. The van der Waals surface area contributed by atoms with E-state index in [9.17, 15) is 4.79 Å². The van der Waals surface area contributed by atoms with E-state index in [1.165, 1.54) is 27.8 Å². The third-order valence-corrected chi connectivity index (χ3v) is 5.42. The molecule has 0 heterocycles. The second kappa shape index (κ2) is 7.30. The van der Waals surface area contributed by atoms with Crippen molar-refractivity contribution in [3.63, 3.8) is 0 Å². The largest absolute Gasteiger partial charge is 0.457 e. The standard InChI is InChI=1S/C22H29NO2/c1-13-11-19(9-10-21(13)23(7)8)22(24)25-12-20-17(5)15(3)14(2)16(4)18(20)6/h9-11H,12H2,1-8H3. The number of hydrogen-bond donors (Lipinski definition) is 0. The number of hydrogen-bond acceptors (Lipinski definition) is 3. The highest BCUT2D eigenvalue weighted by Crippen LogP contribution is 2.27. The molecule has 0 aliphatic heterocycles. The average Bonchev–Trinajstić information content (AvgIpc) is 2.57. The summed E-state index contributed by atoms with van der Waals surface area (Å²) in [6, 6.07) is 5.68. The van der Waals surface area contributed by atoms with Gasteiger partial charge in [0.1, 0.15) is 6.61 Å². The van der Waals surface area contributed by atoms with Crippen molar-refractivity contribution in [3.05, 3.63) is 62.7 Å². The van der Waals surface area contributed by atoms with Gasteiger partial charge in [0, 0.05) is 19.8 Å². The molecule has 0 aliphatic rings. The van der Waals surface area contributed by atoms with Gasteiger partial charge in [0.2, 0.25) is 0 Å². The van der Waals surface area contributed by atoms with E-state index in [1.54, 1.807) is 0 Å². The van der Waals surface area contributed by atoms with Gasteiger partial charge in [0.05, 0.1) is 5.56 Å². The first-order valence-corrected chi connectivity index (χ1v) is 8.66. The van der Waals surface area contributed by atoms with Crippen LogP contribution >= 0.6 is 0 Å². The maximum Gasteiger partial charge on any atom is 0.338 e. The number of carbonyl (C=O) groups excluding carboxylic acids is 1. The maximum absolute atomic E-state index is 12.5. The molecule has 0 spiro atoms. The van der Waals surface area contributed by atoms with Crippen LogP contribution in [0.3, 0.4) is 0 Å². The summed E-state index contributed by atoms with van der Waals surface area (Å²) < 4.78 is 5.63. The van der Waals surface area contributed by atoms with Crippen molar-refractivity contribution in [1.82, 2.24) is 0 Å². The zero-order chi connectivity index (χ0) is 18.9. The number of rotatable bonds is 4. The maximum atomic E-state index is 12.5. The number of carbonyl (C=O) groups is 1. The molecule has 2 rings (SSSR count). The first-order chi connectivity index (χ1) is 11.6. The van der Waals surface area contributed by atoms with Crippen LogP contribution in [0.2, 0.25) is 0 Å². The smallest absolute Gasteiger partial charge is 0.338 e. The lowest BCUT2D eigenvalue weighted by Gasteiger charge is -2.19. The van der Waals surface area contributed by atoms with Crippen LogP contribution in [0.4, 0.5) is 5.69 Å². The Morgan fingerprint density at radius 3 is 1.88 bits per heavy atom. The minimum Gasteiger partial charge on any atom is -0.457 e. The summed E-state index contributed by atoms with van der Waals surface area (Å²) in [6.45, 7) is 12.9. The van der Waals surface area contributed by atoms with Crippen LogP contribution in [-0.2, 0) is 11.3 Å². The van der Waals surface area contributed by atoms with Crippen molar-refractivity contribution in [2.75, 3.05) is 19.0 Å². The fourth-order valence-corrected chi connectivity index (χ4v) is 3.30. The zero-order valence-electron chi connectivity index (χ0n) is 16.7. The molecule has 2 aromatic rings. The summed E-state index contributed by atoms with van der Waals surface area (Å²) in [4.78, 5) is 14.5. The lowest BCUT2D eigenvalue weighted by atomic mass is 9.90. The van der Waals surface area contributed by atoms with E-state index in [2.05, 4.69) is 34.6 Å². The quantitative estimate of drug-likeness (QED) is 0.737. The Labute approximate surface area is 151 Å². The summed E-state index contributed by atoms with van der Waals surface area (Å²) in [5.41, 5.74) is 10.2. The molecular formula is C22H29NO2. The lowest BCUT2D eigenvalue weighted by Crippen LogP contribution is -2.12. The zero-order valence-corrected chi connectivity index (χ0v) is 16.7. The van der Waals surface area contributed by atoms with Crippen LogP contribution in [0.1, 0.15) is 49.3 Å². The summed E-state index contributed by atoms with van der Waals surface area (Å²) in [6.07, 6.45) is 0. The van der Waals surface area contributed by atoms with Gasteiger partial charge in [-0.3, -0.25) is 0 Å². The third kappa shape index (κ3) is 3.71. The van der Waals surface area contributed by atoms with Gasteiger partial charge in [0.15, 0.2) is 0 Å². The Balaban J connectivity index is 2.23. The van der Waals surface area contributed by atoms with Crippen molar-refractivity contribution in [2.45, 2.75) is 48.1 Å². The molecule has 0 atom stereocenters. The highest BCUT2D eigenvalue weighted by atomic mass is 16.5. The van der Waals surface area contributed by atoms with Gasteiger partial charge in [-0.25, -0.2) is 4.79 Å². The third-order valence-electron chi connectivity index (χ3n) is 5.42. The van der Waals surface area contributed by atoms with Crippen LogP contribution in [-0.4, -0.2) is 20.1 Å². The molecule has 25 heavy (non-hydrogen) atoms. The van der Waals surface area contributed by atoms with Crippen molar-refractivity contribution in [2.24, 2.45) is 0 Å². The van der Waals surface area contributed by atoms with Gasteiger partial charge in [-0.1, -0.05) is 0 Å². The fraction of sp³-hybridized carbons (Fsp3) is 0.409. The summed E-state index contributed by atoms with van der Waals surface area (Å²) in [5.74, 6) is -0.275. The average molecular weight is 339 g/mol. The number of benzene rings is 2. The number of ether oxygens (including phenoxy) is 1. The molecule has 0 aromatic heterocycles. The van der Waals surface area contributed by atoms with Crippen LogP contribution in [0.25, 0.3) is 0 Å². The Kier molecular flexibility index (Phi) is 5.56. The molecule has 0 unspecified atom stereocenters. The molecule has 0 aliphatic carbocycles. The first kappa shape index (κ1) is 19.0. The van der Waals surface area contributed by atoms with Gasteiger partial charge in [0.25, 0.3) is 0 Å². The van der Waals surface area contributed by atoms with Crippen LogP contribution in [0.5, 0.6) is 0 Å². The van der Waals surface area contributed by atoms with Gasteiger partial charge in [-0.2, -0.15) is 0 Å². The summed E-state index contributed by atoms with van der Waals surface area (Å²) in [7, 11) is 3.99. The van der Waals surface area contributed by atoms with Gasteiger partial charge >= 0.3 is 5.97 Å². The Morgan fingerprint density at radius 2 is 1.40 bits per heavy atom. The summed E-state index contributed by atoms with van der Waals surface area (Å²) >= 11 is 0. The first-order valence-electron chi connectivity index (χ1n) is 8.66. The Morgan fingerprint density at radius 1 is 0.880 bits per heavy atom. The van der Waals surface area contributed by atoms with Crippen molar-refractivity contribution in [3.8, 4) is 0 Å². The van der Waals surface area contributed by atoms with Crippen LogP contribution < -0.4 is 4.90 Å². The molecule has 0 saturated carbocycles. The second-order valence-corrected chi connectivity index (χ2v) is 7.08. The van der Waals surface area contributed by atoms with E-state index < -0.39 is 0 Å². The summed E-state index contributed by atoms with van der Waals surface area (Å²) in [5, 5.41) is 0. The monoisotopic (exact) mass is 339 g/mol. The van der Waals surface area contributed by atoms with Crippen LogP contribution in [0, 0.1) is 41.5 Å². The number of esters is 1. The predicted octanol–water partition coefficient (Wildman–Crippen LogP) is 4.96. The van der Waals surface area contributed by atoms with E-state index >= 15 is 0 Å². The Hall–Kier alpha value is -2.29. The van der Waals surface area contributed by atoms with E-state index in [-0.39, 0.29) is 5.97 Å². The highest BCUT2D eigenvalue weighted by Gasteiger charge is 2.15. The molecule has 0 amide bonds. The molecule has 0 N–H and O–H groups in total. The van der Waals surface area contributed by atoms with Crippen molar-refractivity contribution in [1.29, 1.82) is 0 Å².